The molecule has 0 aliphatic rings. The van der Waals surface area contributed by atoms with Crippen LogP contribution in [0, 0.1) is 0 Å². The van der Waals surface area contributed by atoms with Gasteiger partial charge in [0.15, 0.2) is 0 Å². The molecule has 8 heteroatoms. The molecule has 4 amide bonds. The molecule has 0 aliphatic heterocycles. The van der Waals surface area contributed by atoms with Gasteiger partial charge < -0.3 is 21.3 Å². The second-order valence-corrected chi connectivity index (χ2v) is 10.4. The van der Waals surface area contributed by atoms with Crippen molar-refractivity contribution in [2.24, 2.45) is 0 Å². The van der Waals surface area contributed by atoms with Crippen molar-refractivity contribution in [3.8, 4) is 0 Å². The Bertz CT molecular complexity index is 1030. The molecule has 2 aromatic carbocycles. The number of carbonyl (C=O) groups is 4. The second-order valence-electron chi connectivity index (χ2n) is 10.4. The van der Waals surface area contributed by atoms with Gasteiger partial charge in [-0.05, 0) is 75.9 Å². The zero-order chi connectivity index (χ0) is 29.3. The highest BCUT2D eigenvalue weighted by Crippen LogP contribution is 2.15. The Balaban J connectivity index is 1.58. The molecular formula is C32H46N4O4. The summed E-state index contributed by atoms with van der Waals surface area (Å²) in [7, 11) is 0. The van der Waals surface area contributed by atoms with Gasteiger partial charge >= 0.3 is 0 Å². The molecule has 2 atom stereocenters. The zero-order valence-electron chi connectivity index (χ0n) is 24.5. The molecule has 8 nitrogen and oxygen atoms in total. The van der Waals surface area contributed by atoms with Crippen LogP contribution in [0.15, 0.2) is 48.5 Å². The van der Waals surface area contributed by atoms with Crippen molar-refractivity contribution in [1.82, 2.24) is 10.6 Å². The van der Waals surface area contributed by atoms with Crippen molar-refractivity contribution in [1.29, 1.82) is 0 Å². The number of hydrogen-bond donors (Lipinski definition) is 4. The Morgan fingerprint density at radius 2 is 0.975 bits per heavy atom. The lowest BCUT2D eigenvalue weighted by atomic mass is 10.1. The standard InChI is InChI=1S/C32H46N4O4/c1-5-23(3)33-31(39)25-15-13-17-27(21-25)35-29(37)19-11-9-7-8-10-12-20-30(38)36-28-18-14-16-26(22-28)32(40)34-24(4)6-2/h13-18,21-24H,5-12,19-20H2,1-4H3,(H,33,39)(H,34,40)(H,35,37)(H,36,38). The molecule has 0 radical (unpaired) electrons. The number of nitrogens with one attached hydrogen (secondary N) is 4. The van der Waals surface area contributed by atoms with E-state index in [0.717, 1.165) is 51.4 Å². The molecule has 0 saturated heterocycles. The van der Waals surface area contributed by atoms with E-state index in [1.54, 1.807) is 48.5 Å². The molecule has 0 spiro atoms. The van der Waals surface area contributed by atoms with E-state index in [9.17, 15) is 19.2 Å². The summed E-state index contributed by atoms with van der Waals surface area (Å²) in [5.41, 5.74) is 2.32. The van der Waals surface area contributed by atoms with Gasteiger partial charge in [0.25, 0.3) is 11.8 Å². The predicted molar refractivity (Wildman–Crippen MR) is 162 cm³/mol. The number of rotatable bonds is 17. The van der Waals surface area contributed by atoms with E-state index in [0.29, 0.717) is 35.3 Å². The minimum absolute atomic E-state index is 0.0578. The van der Waals surface area contributed by atoms with Crippen LogP contribution in [0.4, 0.5) is 11.4 Å². The Hall–Kier alpha value is -3.68. The first kappa shape index (κ1) is 32.5. The first-order valence-electron chi connectivity index (χ1n) is 14.6. The Morgan fingerprint density at radius 1 is 0.600 bits per heavy atom. The summed E-state index contributed by atoms with van der Waals surface area (Å²) in [5, 5.41) is 11.6. The summed E-state index contributed by atoms with van der Waals surface area (Å²) in [6.07, 6.45) is 8.07. The molecule has 4 N–H and O–H groups in total. The molecule has 2 rings (SSSR count). The SMILES string of the molecule is CCC(C)NC(=O)c1cccc(NC(=O)CCCCCCCCC(=O)Nc2cccc(C(=O)NC(C)CC)c2)c1. The molecule has 218 valence electrons. The summed E-state index contributed by atoms with van der Waals surface area (Å²) >= 11 is 0. The fraction of sp³-hybridized carbons (Fsp3) is 0.500. The smallest absolute Gasteiger partial charge is 0.251 e. The molecule has 0 aromatic heterocycles. The molecule has 0 aliphatic carbocycles. The fourth-order valence-corrected chi connectivity index (χ4v) is 4.02. The summed E-state index contributed by atoms with van der Waals surface area (Å²) in [5.74, 6) is -0.396. The van der Waals surface area contributed by atoms with Crippen LogP contribution in [-0.4, -0.2) is 35.7 Å². The molecule has 0 fully saturated rings. The maximum atomic E-state index is 12.3. The number of carbonyl (C=O) groups excluding carboxylic acids is 4. The first-order chi connectivity index (χ1) is 19.2. The van der Waals surface area contributed by atoms with Crippen molar-refractivity contribution in [2.75, 3.05) is 10.6 Å². The van der Waals surface area contributed by atoms with Gasteiger partial charge in [-0.15, -0.1) is 0 Å². The van der Waals surface area contributed by atoms with Gasteiger partial charge in [0.1, 0.15) is 0 Å². The number of amides is 4. The lowest BCUT2D eigenvalue weighted by Gasteiger charge is -2.12. The van der Waals surface area contributed by atoms with Gasteiger partial charge in [0, 0.05) is 47.4 Å². The minimum Gasteiger partial charge on any atom is -0.350 e. The van der Waals surface area contributed by atoms with Gasteiger partial charge in [-0.3, -0.25) is 19.2 Å². The zero-order valence-corrected chi connectivity index (χ0v) is 24.5. The number of hydrogen-bond acceptors (Lipinski definition) is 4. The molecule has 40 heavy (non-hydrogen) atoms. The maximum Gasteiger partial charge on any atom is 0.251 e. The van der Waals surface area contributed by atoms with Crippen molar-refractivity contribution in [2.45, 2.75) is 104 Å². The lowest BCUT2D eigenvalue weighted by molar-refractivity contribution is -0.117. The monoisotopic (exact) mass is 550 g/mol. The lowest BCUT2D eigenvalue weighted by Crippen LogP contribution is -2.31. The molecular weight excluding hydrogens is 504 g/mol. The highest BCUT2D eigenvalue weighted by molar-refractivity contribution is 5.98. The van der Waals surface area contributed by atoms with Gasteiger partial charge in [-0.1, -0.05) is 51.7 Å². The van der Waals surface area contributed by atoms with Crippen molar-refractivity contribution < 1.29 is 19.2 Å². The van der Waals surface area contributed by atoms with Crippen LogP contribution in [0.1, 0.15) is 113 Å². The summed E-state index contributed by atoms with van der Waals surface area (Å²) in [6, 6.07) is 14.2. The summed E-state index contributed by atoms with van der Waals surface area (Å²) < 4.78 is 0. The second kappa shape index (κ2) is 17.8. The van der Waals surface area contributed by atoms with Crippen LogP contribution in [0.25, 0.3) is 0 Å². The quantitative estimate of drug-likeness (QED) is 0.170. The summed E-state index contributed by atoms with van der Waals surface area (Å²) in [6.45, 7) is 7.95. The van der Waals surface area contributed by atoms with E-state index in [4.69, 9.17) is 0 Å². The Morgan fingerprint density at radius 3 is 1.35 bits per heavy atom. The van der Waals surface area contributed by atoms with Crippen LogP contribution >= 0.6 is 0 Å². The highest BCUT2D eigenvalue weighted by atomic mass is 16.2. The highest BCUT2D eigenvalue weighted by Gasteiger charge is 2.11. The van der Waals surface area contributed by atoms with Gasteiger partial charge in [-0.25, -0.2) is 0 Å². The molecule has 2 aromatic rings. The van der Waals surface area contributed by atoms with Crippen molar-refractivity contribution >= 4 is 35.0 Å². The third-order valence-corrected chi connectivity index (χ3v) is 6.85. The van der Waals surface area contributed by atoms with E-state index < -0.39 is 0 Å². The maximum absolute atomic E-state index is 12.3. The minimum atomic E-state index is -0.140. The van der Waals surface area contributed by atoms with Crippen LogP contribution in [-0.2, 0) is 9.59 Å². The normalized spacial score (nSPS) is 12.2. The van der Waals surface area contributed by atoms with Crippen molar-refractivity contribution in [3.05, 3.63) is 59.7 Å². The van der Waals surface area contributed by atoms with E-state index >= 15 is 0 Å². The average molecular weight is 551 g/mol. The number of unbranched alkanes of at least 4 members (excludes halogenated alkanes) is 5. The molecule has 0 bridgehead atoms. The third-order valence-electron chi connectivity index (χ3n) is 6.85. The van der Waals surface area contributed by atoms with Gasteiger partial charge in [-0.2, -0.15) is 0 Å². The number of anilines is 2. The average Bonchev–Trinajstić information content (AvgIpc) is 2.94. The molecule has 0 saturated carbocycles. The van der Waals surface area contributed by atoms with E-state index in [1.165, 1.54) is 0 Å². The largest absolute Gasteiger partial charge is 0.350 e. The molecule has 2 unspecified atom stereocenters. The van der Waals surface area contributed by atoms with E-state index in [1.807, 2.05) is 27.7 Å². The Kier molecular flexibility index (Phi) is 14.5. The fourth-order valence-electron chi connectivity index (χ4n) is 4.02. The van der Waals surface area contributed by atoms with E-state index in [-0.39, 0.29) is 35.7 Å². The summed E-state index contributed by atoms with van der Waals surface area (Å²) in [4.78, 5) is 49.2. The third kappa shape index (κ3) is 12.5. The predicted octanol–water partition coefficient (Wildman–Crippen LogP) is 6.44. The van der Waals surface area contributed by atoms with Crippen LogP contribution in [0.2, 0.25) is 0 Å². The van der Waals surface area contributed by atoms with Crippen LogP contribution < -0.4 is 21.3 Å². The Labute approximate surface area is 239 Å². The van der Waals surface area contributed by atoms with E-state index in [2.05, 4.69) is 21.3 Å². The van der Waals surface area contributed by atoms with Gasteiger partial charge in [0.2, 0.25) is 11.8 Å². The molecule has 0 heterocycles. The van der Waals surface area contributed by atoms with Gasteiger partial charge in [0.05, 0.1) is 0 Å². The first-order valence-corrected chi connectivity index (χ1v) is 14.6. The van der Waals surface area contributed by atoms with Crippen LogP contribution in [0.5, 0.6) is 0 Å². The number of benzene rings is 2. The topological polar surface area (TPSA) is 116 Å². The van der Waals surface area contributed by atoms with Crippen molar-refractivity contribution in [3.63, 3.8) is 0 Å². The van der Waals surface area contributed by atoms with Crippen LogP contribution in [0.3, 0.4) is 0 Å².